The van der Waals surface area contributed by atoms with Gasteiger partial charge < -0.3 is 9.30 Å². The predicted molar refractivity (Wildman–Crippen MR) is 89.9 cm³/mol. The number of hydrogen-bond acceptors (Lipinski definition) is 4. The van der Waals surface area contributed by atoms with Crippen LogP contribution in [0.5, 0.6) is 5.75 Å². The molecule has 5 heteroatoms. The van der Waals surface area contributed by atoms with Gasteiger partial charge in [0.15, 0.2) is 0 Å². The van der Waals surface area contributed by atoms with Gasteiger partial charge >= 0.3 is 4.87 Å². The van der Waals surface area contributed by atoms with Gasteiger partial charge in [-0.2, -0.15) is 0 Å². The molecule has 0 aliphatic carbocycles. The van der Waals surface area contributed by atoms with Crippen molar-refractivity contribution in [1.29, 1.82) is 0 Å². The molecule has 0 saturated carbocycles. The van der Waals surface area contributed by atoms with E-state index in [-0.39, 0.29) is 4.87 Å². The van der Waals surface area contributed by atoms with Crippen LogP contribution in [-0.4, -0.2) is 29.7 Å². The summed E-state index contributed by atoms with van der Waals surface area (Å²) in [6.07, 6.45) is 2.40. The van der Waals surface area contributed by atoms with Gasteiger partial charge in [-0.3, -0.25) is 9.69 Å². The van der Waals surface area contributed by atoms with Crippen molar-refractivity contribution in [2.45, 2.75) is 32.4 Å². The standard InChI is InChI=1S/C17H22N2O2S/c1-13-12-22-17(20)19(13)11-10-18-9-3-4-16(18)14-5-7-15(21-2)8-6-14/h5-8,12,16H,3-4,9-11H2,1-2H3. The molecule has 1 unspecified atom stereocenters. The van der Waals surface area contributed by atoms with E-state index in [1.54, 1.807) is 7.11 Å². The number of methoxy groups -OCH3 is 1. The van der Waals surface area contributed by atoms with Crippen LogP contribution >= 0.6 is 11.3 Å². The lowest BCUT2D eigenvalue weighted by Crippen LogP contribution is -2.29. The van der Waals surface area contributed by atoms with E-state index in [4.69, 9.17) is 4.74 Å². The fraction of sp³-hybridized carbons (Fsp3) is 0.471. The second kappa shape index (κ2) is 6.67. The average molecular weight is 318 g/mol. The van der Waals surface area contributed by atoms with Crippen LogP contribution in [0, 0.1) is 6.92 Å². The van der Waals surface area contributed by atoms with Crippen molar-refractivity contribution >= 4 is 11.3 Å². The van der Waals surface area contributed by atoms with Crippen molar-refractivity contribution in [3.05, 3.63) is 50.6 Å². The minimum absolute atomic E-state index is 0.151. The van der Waals surface area contributed by atoms with Crippen molar-refractivity contribution < 1.29 is 4.74 Å². The fourth-order valence-electron chi connectivity index (χ4n) is 3.20. The van der Waals surface area contributed by atoms with E-state index in [0.717, 1.165) is 31.1 Å². The van der Waals surface area contributed by atoms with Crippen LogP contribution in [0.25, 0.3) is 0 Å². The second-order valence-corrected chi connectivity index (χ2v) is 6.58. The number of thiazole rings is 1. The maximum atomic E-state index is 11.8. The number of aryl methyl sites for hydroxylation is 1. The van der Waals surface area contributed by atoms with Gasteiger partial charge in [0.05, 0.1) is 7.11 Å². The molecule has 1 atom stereocenters. The molecule has 1 aromatic carbocycles. The van der Waals surface area contributed by atoms with Crippen LogP contribution in [0.2, 0.25) is 0 Å². The first-order valence-electron chi connectivity index (χ1n) is 7.72. The molecule has 1 aliphatic heterocycles. The van der Waals surface area contributed by atoms with Gasteiger partial charge in [-0.05, 0) is 44.0 Å². The Hall–Kier alpha value is -1.59. The van der Waals surface area contributed by atoms with Gasteiger partial charge in [0.25, 0.3) is 0 Å². The van der Waals surface area contributed by atoms with Crippen LogP contribution < -0.4 is 9.61 Å². The third kappa shape index (κ3) is 3.10. The summed E-state index contributed by atoms with van der Waals surface area (Å²) >= 11 is 1.29. The zero-order valence-electron chi connectivity index (χ0n) is 13.1. The van der Waals surface area contributed by atoms with E-state index in [9.17, 15) is 4.79 Å². The zero-order valence-corrected chi connectivity index (χ0v) is 13.9. The molecule has 0 N–H and O–H groups in total. The Labute approximate surface area is 135 Å². The normalized spacial score (nSPS) is 18.7. The summed E-state index contributed by atoms with van der Waals surface area (Å²) in [6, 6.07) is 8.83. The number of likely N-dealkylation sites (tertiary alicyclic amines) is 1. The monoisotopic (exact) mass is 318 g/mol. The summed E-state index contributed by atoms with van der Waals surface area (Å²) in [4.78, 5) is 14.5. The van der Waals surface area contributed by atoms with Gasteiger partial charge in [-0.15, -0.1) is 0 Å². The lowest BCUT2D eigenvalue weighted by Gasteiger charge is -2.25. The molecule has 1 aliphatic rings. The molecule has 2 aromatic rings. The van der Waals surface area contributed by atoms with E-state index in [1.807, 2.05) is 29.0 Å². The second-order valence-electron chi connectivity index (χ2n) is 5.76. The van der Waals surface area contributed by atoms with E-state index in [0.29, 0.717) is 6.04 Å². The number of benzene rings is 1. The molecule has 22 heavy (non-hydrogen) atoms. The molecule has 0 spiro atoms. The lowest BCUT2D eigenvalue weighted by molar-refractivity contribution is 0.245. The quantitative estimate of drug-likeness (QED) is 0.850. The Kier molecular flexibility index (Phi) is 4.64. The third-order valence-electron chi connectivity index (χ3n) is 4.45. The van der Waals surface area contributed by atoms with Gasteiger partial charge in [-0.1, -0.05) is 23.5 Å². The predicted octanol–water partition coefficient (Wildman–Crippen LogP) is 3.06. The first kappa shape index (κ1) is 15.3. The van der Waals surface area contributed by atoms with E-state index in [1.165, 1.54) is 29.7 Å². The first-order chi connectivity index (χ1) is 10.7. The molecule has 1 fully saturated rings. The maximum absolute atomic E-state index is 11.8. The van der Waals surface area contributed by atoms with Crippen molar-refractivity contribution in [2.75, 3.05) is 20.2 Å². The molecule has 2 heterocycles. The largest absolute Gasteiger partial charge is 0.497 e. The maximum Gasteiger partial charge on any atom is 0.307 e. The minimum atomic E-state index is 0.151. The number of ether oxygens (including phenoxy) is 1. The average Bonchev–Trinajstić information content (AvgIpc) is 3.13. The van der Waals surface area contributed by atoms with Crippen LogP contribution in [0.3, 0.4) is 0 Å². The van der Waals surface area contributed by atoms with Crippen molar-refractivity contribution in [3.63, 3.8) is 0 Å². The Morgan fingerprint density at radius 1 is 1.27 bits per heavy atom. The molecule has 1 saturated heterocycles. The van der Waals surface area contributed by atoms with Gasteiger partial charge in [0.1, 0.15) is 5.75 Å². The first-order valence-corrected chi connectivity index (χ1v) is 8.60. The molecular formula is C17H22N2O2S. The molecule has 4 nitrogen and oxygen atoms in total. The lowest BCUT2D eigenvalue weighted by atomic mass is 10.0. The number of aromatic nitrogens is 1. The van der Waals surface area contributed by atoms with Gasteiger partial charge in [0.2, 0.25) is 0 Å². The summed E-state index contributed by atoms with van der Waals surface area (Å²) in [5, 5.41) is 1.94. The topological polar surface area (TPSA) is 34.5 Å². The van der Waals surface area contributed by atoms with E-state index < -0.39 is 0 Å². The Morgan fingerprint density at radius 2 is 2.05 bits per heavy atom. The Bertz CT molecular complexity index is 675. The summed E-state index contributed by atoms with van der Waals surface area (Å²) in [6.45, 7) is 4.81. The highest BCUT2D eigenvalue weighted by molar-refractivity contribution is 7.07. The molecule has 0 bridgehead atoms. The van der Waals surface area contributed by atoms with Crippen molar-refractivity contribution in [1.82, 2.24) is 9.47 Å². The Balaban J connectivity index is 1.69. The molecule has 0 radical (unpaired) electrons. The van der Waals surface area contributed by atoms with Crippen LogP contribution in [0.15, 0.2) is 34.4 Å². The summed E-state index contributed by atoms with van der Waals surface area (Å²) in [7, 11) is 1.69. The number of hydrogen-bond donors (Lipinski definition) is 0. The smallest absolute Gasteiger partial charge is 0.307 e. The molecule has 0 amide bonds. The summed E-state index contributed by atoms with van der Waals surface area (Å²) in [5.41, 5.74) is 2.41. The van der Waals surface area contributed by atoms with E-state index >= 15 is 0 Å². The SMILES string of the molecule is COc1ccc(C2CCCN2CCn2c(C)csc2=O)cc1. The molecular weight excluding hydrogens is 296 g/mol. The van der Waals surface area contributed by atoms with Crippen LogP contribution in [-0.2, 0) is 6.54 Å². The molecule has 3 rings (SSSR count). The van der Waals surface area contributed by atoms with E-state index in [2.05, 4.69) is 17.0 Å². The van der Waals surface area contributed by atoms with Crippen molar-refractivity contribution in [3.8, 4) is 5.75 Å². The third-order valence-corrected chi connectivity index (χ3v) is 5.33. The molecule has 118 valence electrons. The van der Waals surface area contributed by atoms with Crippen LogP contribution in [0.4, 0.5) is 0 Å². The van der Waals surface area contributed by atoms with Crippen molar-refractivity contribution in [2.24, 2.45) is 0 Å². The highest BCUT2D eigenvalue weighted by atomic mass is 32.1. The number of rotatable bonds is 5. The highest BCUT2D eigenvalue weighted by Crippen LogP contribution is 2.32. The highest BCUT2D eigenvalue weighted by Gasteiger charge is 2.25. The fourth-order valence-corrected chi connectivity index (χ4v) is 3.96. The molecule has 1 aromatic heterocycles. The van der Waals surface area contributed by atoms with Crippen LogP contribution in [0.1, 0.15) is 30.1 Å². The summed E-state index contributed by atoms with van der Waals surface area (Å²) < 4.78 is 7.11. The van der Waals surface area contributed by atoms with Gasteiger partial charge in [-0.25, -0.2) is 0 Å². The summed E-state index contributed by atoms with van der Waals surface area (Å²) in [5.74, 6) is 0.897. The minimum Gasteiger partial charge on any atom is -0.497 e. The number of nitrogens with zero attached hydrogens (tertiary/aromatic N) is 2. The zero-order chi connectivity index (χ0) is 15.5. The van der Waals surface area contributed by atoms with Gasteiger partial charge in [0, 0.05) is 30.2 Å². The Morgan fingerprint density at radius 3 is 2.68 bits per heavy atom.